The van der Waals surface area contributed by atoms with E-state index in [2.05, 4.69) is 20.8 Å². The highest BCUT2D eigenvalue weighted by Gasteiger charge is 2.18. The molecule has 0 aliphatic rings. The van der Waals surface area contributed by atoms with Crippen LogP contribution in [0.1, 0.15) is 27.7 Å². The third kappa shape index (κ3) is 9.70. The third-order valence-corrected chi connectivity index (χ3v) is 5.17. The second kappa shape index (κ2) is 7.96. The van der Waals surface area contributed by atoms with Gasteiger partial charge in [-0.1, -0.05) is 27.7 Å². The fourth-order valence-electron chi connectivity index (χ4n) is 0.949. The standard InChI is InChI=1S/C9H21OP.CO2/c1-6-11(5,10)7-9(4)8(2)3;2-1-3/h8-9H,6-7H2,1-5H3;/t9-,11-;/m1./s1. The molecule has 0 saturated carbocycles. The summed E-state index contributed by atoms with van der Waals surface area (Å²) >= 11 is 0. The highest BCUT2D eigenvalue weighted by Crippen LogP contribution is 2.43. The van der Waals surface area contributed by atoms with Crippen LogP contribution in [-0.4, -0.2) is 25.1 Å². The summed E-state index contributed by atoms with van der Waals surface area (Å²) in [6, 6.07) is 0. The van der Waals surface area contributed by atoms with E-state index in [4.69, 9.17) is 9.59 Å². The highest BCUT2D eigenvalue weighted by atomic mass is 31.2. The van der Waals surface area contributed by atoms with Crippen molar-refractivity contribution < 1.29 is 14.2 Å². The van der Waals surface area contributed by atoms with Crippen molar-refractivity contribution in [1.29, 1.82) is 0 Å². The largest absolute Gasteiger partial charge is 0.373 e. The van der Waals surface area contributed by atoms with Crippen LogP contribution >= 0.6 is 7.14 Å². The third-order valence-electron chi connectivity index (χ3n) is 2.48. The Morgan fingerprint density at radius 1 is 1.21 bits per heavy atom. The zero-order valence-electron chi connectivity index (χ0n) is 9.74. The zero-order valence-corrected chi connectivity index (χ0v) is 10.6. The van der Waals surface area contributed by atoms with Crippen LogP contribution in [-0.2, 0) is 14.2 Å². The lowest BCUT2D eigenvalue weighted by molar-refractivity contribution is -0.191. The number of hydrogen-bond acceptors (Lipinski definition) is 3. The van der Waals surface area contributed by atoms with Gasteiger partial charge in [0.05, 0.1) is 7.14 Å². The molecule has 0 amide bonds. The van der Waals surface area contributed by atoms with E-state index in [0.717, 1.165) is 12.3 Å². The molecule has 0 rings (SSSR count). The second-order valence-electron chi connectivity index (χ2n) is 4.10. The molecular formula is C10H21O3P. The molecule has 0 aromatic carbocycles. The Bertz CT molecular complexity index is 217. The SMILES string of the molecule is CC[P@@](C)(=O)C[C@@H](C)C(C)C.O=C=O. The number of carbonyl (C=O) groups excluding carboxylic acids is 2. The maximum absolute atomic E-state index is 11.7. The van der Waals surface area contributed by atoms with Gasteiger partial charge in [-0.05, 0) is 24.7 Å². The molecule has 0 heterocycles. The van der Waals surface area contributed by atoms with Crippen molar-refractivity contribution in [1.82, 2.24) is 0 Å². The number of hydrogen-bond donors (Lipinski definition) is 0. The van der Waals surface area contributed by atoms with Gasteiger partial charge in [0.1, 0.15) is 0 Å². The Kier molecular flexibility index (Phi) is 9.13. The molecule has 84 valence electrons. The van der Waals surface area contributed by atoms with Gasteiger partial charge < -0.3 is 4.57 Å². The van der Waals surface area contributed by atoms with Crippen molar-refractivity contribution in [2.45, 2.75) is 27.7 Å². The van der Waals surface area contributed by atoms with Gasteiger partial charge in [0.15, 0.2) is 0 Å². The monoisotopic (exact) mass is 220 g/mol. The van der Waals surface area contributed by atoms with E-state index in [-0.39, 0.29) is 6.15 Å². The van der Waals surface area contributed by atoms with E-state index in [1.165, 1.54) is 0 Å². The quantitative estimate of drug-likeness (QED) is 0.684. The molecule has 2 atom stereocenters. The van der Waals surface area contributed by atoms with Crippen molar-refractivity contribution >= 4 is 13.3 Å². The van der Waals surface area contributed by atoms with Crippen LogP contribution in [0.4, 0.5) is 0 Å². The first-order valence-corrected chi connectivity index (χ1v) is 7.38. The molecule has 0 unspecified atom stereocenters. The van der Waals surface area contributed by atoms with Gasteiger partial charge in [-0.15, -0.1) is 0 Å². The fraction of sp³-hybridized carbons (Fsp3) is 0.900. The first kappa shape index (κ1) is 16.1. The maximum Gasteiger partial charge on any atom is 0.373 e. The highest BCUT2D eigenvalue weighted by molar-refractivity contribution is 7.63. The van der Waals surface area contributed by atoms with Gasteiger partial charge in [0.25, 0.3) is 0 Å². The van der Waals surface area contributed by atoms with Gasteiger partial charge >= 0.3 is 6.15 Å². The molecular weight excluding hydrogens is 199 g/mol. The Labute approximate surface area is 86.6 Å². The summed E-state index contributed by atoms with van der Waals surface area (Å²) < 4.78 is 11.7. The lowest BCUT2D eigenvalue weighted by Gasteiger charge is -2.19. The van der Waals surface area contributed by atoms with Crippen molar-refractivity contribution in [3.63, 3.8) is 0 Å². The van der Waals surface area contributed by atoms with Crippen molar-refractivity contribution in [2.75, 3.05) is 19.0 Å². The Hall–Kier alpha value is -0.390. The molecule has 3 nitrogen and oxygen atoms in total. The zero-order chi connectivity index (χ0) is 11.8. The molecule has 0 fully saturated rings. The predicted molar refractivity (Wildman–Crippen MR) is 57.9 cm³/mol. The van der Waals surface area contributed by atoms with Crippen molar-refractivity contribution in [3.8, 4) is 0 Å². The summed E-state index contributed by atoms with van der Waals surface area (Å²) in [7, 11) is -1.78. The van der Waals surface area contributed by atoms with E-state index in [1.54, 1.807) is 0 Å². The summed E-state index contributed by atoms with van der Waals surface area (Å²) in [6.07, 6.45) is 2.02. The van der Waals surface area contributed by atoms with E-state index in [0.29, 0.717) is 11.8 Å². The fourth-order valence-corrected chi connectivity index (χ4v) is 2.85. The van der Waals surface area contributed by atoms with Gasteiger partial charge in [-0.2, -0.15) is 9.59 Å². The minimum absolute atomic E-state index is 0.250. The predicted octanol–water partition coefficient (Wildman–Crippen LogP) is 2.71. The second-order valence-corrected chi connectivity index (χ2v) is 7.69. The topological polar surface area (TPSA) is 51.2 Å². The maximum atomic E-state index is 11.7. The molecule has 0 spiro atoms. The van der Waals surface area contributed by atoms with E-state index in [1.807, 2.05) is 13.6 Å². The van der Waals surface area contributed by atoms with E-state index in [9.17, 15) is 4.57 Å². The molecule has 0 aromatic heterocycles. The van der Waals surface area contributed by atoms with E-state index >= 15 is 0 Å². The van der Waals surface area contributed by atoms with Crippen LogP contribution in [0, 0.1) is 11.8 Å². The molecule has 0 N–H and O–H groups in total. The molecule has 14 heavy (non-hydrogen) atoms. The Balaban J connectivity index is 0. The summed E-state index contributed by atoms with van der Waals surface area (Å²) in [5, 5.41) is 0. The minimum Gasteiger partial charge on any atom is -0.324 e. The minimum atomic E-state index is -1.78. The lowest BCUT2D eigenvalue weighted by Crippen LogP contribution is -2.10. The Morgan fingerprint density at radius 2 is 1.57 bits per heavy atom. The Morgan fingerprint density at radius 3 is 1.79 bits per heavy atom. The van der Waals surface area contributed by atoms with Crippen LogP contribution in [0.2, 0.25) is 0 Å². The van der Waals surface area contributed by atoms with Crippen molar-refractivity contribution in [2.24, 2.45) is 11.8 Å². The summed E-state index contributed by atoms with van der Waals surface area (Å²) in [6.45, 7) is 10.5. The summed E-state index contributed by atoms with van der Waals surface area (Å²) in [5.41, 5.74) is 0. The molecule has 0 aliphatic heterocycles. The molecule has 4 heteroatoms. The van der Waals surface area contributed by atoms with Gasteiger partial charge in [-0.25, -0.2) is 0 Å². The average Bonchev–Trinajstić information content (AvgIpc) is 2.05. The van der Waals surface area contributed by atoms with E-state index < -0.39 is 7.14 Å². The molecule has 0 radical (unpaired) electrons. The molecule has 0 bridgehead atoms. The molecule has 0 saturated heterocycles. The average molecular weight is 220 g/mol. The molecule has 0 aromatic rings. The smallest absolute Gasteiger partial charge is 0.324 e. The van der Waals surface area contributed by atoms with Gasteiger partial charge in [0, 0.05) is 6.16 Å². The van der Waals surface area contributed by atoms with Crippen LogP contribution in [0.3, 0.4) is 0 Å². The van der Waals surface area contributed by atoms with Crippen LogP contribution < -0.4 is 0 Å². The summed E-state index contributed by atoms with van der Waals surface area (Å²) in [4.78, 5) is 16.2. The number of rotatable bonds is 4. The van der Waals surface area contributed by atoms with Crippen LogP contribution in [0.15, 0.2) is 0 Å². The van der Waals surface area contributed by atoms with Crippen LogP contribution in [0.25, 0.3) is 0 Å². The first-order valence-electron chi connectivity index (χ1n) is 4.85. The lowest BCUT2D eigenvalue weighted by atomic mass is 10.0. The summed E-state index contributed by atoms with van der Waals surface area (Å²) in [5.74, 6) is 1.26. The first-order chi connectivity index (χ1) is 6.30. The van der Waals surface area contributed by atoms with Crippen molar-refractivity contribution in [3.05, 3.63) is 0 Å². The van der Waals surface area contributed by atoms with Gasteiger partial charge in [-0.3, -0.25) is 0 Å². The van der Waals surface area contributed by atoms with Gasteiger partial charge in [0.2, 0.25) is 0 Å². The normalized spacial score (nSPS) is 16.1. The molecule has 0 aliphatic carbocycles. The van der Waals surface area contributed by atoms with Crippen LogP contribution in [0.5, 0.6) is 0 Å².